The quantitative estimate of drug-likeness (QED) is 0.590. The summed E-state index contributed by atoms with van der Waals surface area (Å²) in [4.78, 5) is 4.16. The lowest BCUT2D eigenvalue weighted by Gasteiger charge is -2.29. The van der Waals surface area contributed by atoms with Crippen molar-refractivity contribution in [2.24, 2.45) is 0 Å². The lowest BCUT2D eigenvalue weighted by Crippen LogP contribution is -2.54. The molecule has 0 atom stereocenters. The molecule has 19 heavy (non-hydrogen) atoms. The maximum Gasteiger partial charge on any atom is 0.0884 e. The molecular weight excluding hydrogens is 244 g/mol. The molecule has 1 aromatic heterocycles. The number of benzene rings is 1. The Hall–Kier alpha value is -1.53. The third-order valence-electron chi connectivity index (χ3n) is 3.31. The van der Waals surface area contributed by atoms with E-state index in [9.17, 15) is 15.3 Å². The van der Waals surface area contributed by atoms with Crippen LogP contribution in [0.15, 0.2) is 36.7 Å². The lowest BCUT2D eigenvalue weighted by molar-refractivity contribution is 0.0414. The van der Waals surface area contributed by atoms with E-state index in [1.807, 2.05) is 24.3 Å². The highest BCUT2D eigenvalue weighted by Crippen LogP contribution is 2.17. The van der Waals surface area contributed by atoms with Crippen molar-refractivity contribution in [1.82, 2.24) is 10.3 Å². The SMILES string of the molecule is OCC(CO)(CO)NCc1cncc2ccccc12. The van der Waals surface area contributed by atoms with Crippen molar-refractivity contribution in [2.45, 2.75) is 12.1 Å². The van der Waals surface area contributed by atoms with E-state index >= 15 is 0 Å². The zero-order valence-corrected chi connectivity index (χ0v) is 10.6. The molecule has 0 radical (unpaired) electrons. The standard InChI is InChI=1S/C14H18N2O3/c17-8-14(9-18,10-19)16-7-12-6-15-5-11-3-1-2-4-13(11)12/h1-6,16-19H,7-10H2. The van der Waals surface area contributed by atoms with Gasteiger partial charge in [0.2, 0.25) is 0 Å². The Morgan fingerprint density at radius 1 is 1.00 bits per heavy atom. The first-order valence-corrected chi connectivity index (χ1v) is 6.14. The molecule has 0 spiro atoms. The highest BCUT2D eigenvalue weighted by Gasteiger charge is 2.27. The Labute approximate surface area is 111 Å². The fourth-order valence-corrected chi connectivity index (χ4v) is 1.92. The predicted molar refractivity (Wildman–Crippen MR) is 72.6 cm³/mol. The zero-order chi connectivity index (χ0) is 13.7. The van der Waals surface area contributed by atoms with Crippen LogP contribution in [0.4, 0.5) is 0 Å². The summed E-state index contributed by atoms with van der Waals surface area (Å²) in [6.07, 6.45) is 3.53. The second kappa shape index (κ2) is 6.08. The maximum atomic E-state index is 9.27. The molecule has 4 N–H and O–H groups in total. The Morgan fingerprint density at radius 2 is 1.68 bits per heavy atom. The smallest absolute Gasteiger partial charge is 0.0884 e. The predicted octanol–water partition coefficient (Wildman–Crippen LogP) is 0.0401. The number of pyridine rings is 1. The molecule has 2 aromatic rings. The highest BCUT2D eigenvalue weighted by molar-refractivity contribution is 5.84. The molecule has 0 bridgehead atoms. The van der Waals surface area contributed by atoms with Crippen LogP contribution in [0.1, 0.15) is 5.56 Å². The number of nitrogens with zero attached hydrogens (tertiary/aromatic N) is 1. The normalized spacial score (nSPS) is 11.9. The van der Waals surface area contributed by atoms with Gasteiger partial charge in [0.25, 0.3) is 0 Å². The first kappa shape index (κ1) is 13.9. The van der Waals surface area contributed by atoms with Crippen molar-refractivity contribution in [3.63, 3.8) is 0 Å². The van der Waals surface area contributed by atoms with Crippen LogP contribution in [0, 0.1) is 0 Å². The van der Waals surface area contributed by atoms with Gasteiger partial charge in [-0.05, 0) is 10.9 Å². The molecule has 0 unspecified atom stereocenters. The molecule has 0 saturated heterocycles. The summed E-state index contributed by atoms with van der Waals surface area (Å²) in [7, 11) is 0. The van der Waals surface area contributed by atoms with Crippen LogP contribution in [0.3, 0.4) is 0 Å². The number of aliphatic hydroxyl groups is 3. The number of fused-ring (bicyclic) bond motifs is 1. The number of hydrogen-bond acceptors (Lipinski definition) is 5. The van der Waals surface area contributed by atoms with Crippen molar-refractivity contribution in [2.75, 3.05) is 19.8 Å². The van der Waals surface area contributed by atoms with Gasteiger partial charge in [0, 0.05) is 24.3 Å². The Morgan fingerprint density at radius 3 is 2.37 bits per heavy atom. The zero-order valence-electron chi connectivity index (χ0n) is 10.6. The van der Waals surface area contributed by atoms with Crippen LogP contribution in [-0.4, -0.2) is 45.7 Å². The Bertz CT molecular complexity index is 527. The fraction of sp³-hybridized carbons (Fsp3) is 0.357. The van der Waals surface area contributed by atoms with Crippen molar-refractivity contribution in [1.29, 1.82) is 0 Å². The van der Waals surface area contributed by atoms with E-state index in [0.29, 0.717) is 6.54 Å². The Kier molecular flexibility index (Phi) is 4.44. The Balaban J connectivity index is 2.22. The molecule has 5 nitrogen and oxygen atoms in total. The van der Waals surface area contributed by atoms with Gasteiger partial charge in [-0.15, -0.1) is 0 Å². The van der Waals surface area contributed by atoms with E-state index in [2.05, 4.69) is 10.3 Å². The molecule has 102 valence electrons. The van der Waals surface area contributed by atoms with Gasteiger partial charge in [0.05, 0.1) is 25.4 Å². The third kappa shape index (κ3) is 2.90. The van der Waals surface area contributed by atoms with E-state index in [4.69, 9.17) is 0 Å². The molecule has 0 aliphatic heterocycles. The molecule has 0 saturated carbocycles. The van der Waals surface area contributed by atoms with Crippen molar-refractivity contribution < 1.29 is 15.3 Å². The van der Waals surface area contributed by atoms with E-state index in [1.54, 1.807) is 12.4 Å². The first-order chi connectivity index (χ1) is 9.24. The summed E-state index contributed by atoms with van der Waals surface area (Å²) in [5, 5.41) is 32.9. The highest BCUT2D eigenvalue weighted by atomic mass is 16.3. The minimum atomic E-state index is -1.07. The molecule has 0 fully saturated rings. The van der Waals surface area contributed by atoms with Crippen LogP contribution >= 0.6 is 0 Å². The molecule has 2 rings (SSSR count). The number of aromatic nitrogens is 1. The second-order valence-electron chi connectivity index (χ2n) is 4.63. The van der Waals surface area contributed by atoms with Crippen LogP contribution in [0.2, 0.25) is 0 Å². The van der Waals surface area contributed by atoms with Crippen molar-refractivity contribution >= 4 is 10.8 Å². The number of hydrogen-bond donors (Lipinski definition) is 4. The molecule has 1 heterocycles. The second-order valence-corrected chi connectivity index (χ2v) is 4.63. The molecule has 1 aromatic carbocycles. The largest absolute Gasteiger partial charge is 0.394 e. The van der Waals surface area contributed by atoms with Gasteiger partial charge in [0.1, 0.15) is 0 Å². The summed E-state index contributed by atoms with van der Waals surface area (Å²) in [5.74, 6) is 0. The maximum absolute atomic E-state index is 9.27. The van der Waals surface area contributed by atoms with Crippen molar-refractivity contribution in [3.05, 3.63) is 42.2 Å². The lowest BCUT2D eigenvalue weighted by atomic mass is 10.0. The molecule has 0 aliphatic carbocycles. The minimum absolute atomic E-state index is 0.335. The monoisotopic (exact) mass is 262 g/mol. The van der Waals surface area contributed by atoms with Crippen molar-refractivity contribution in [3.8, 4) is 0 Å². The van der Waals surface area contributed by atoms with E-state index in [1.165, 1.54) is 0 Å². The fourth-order valence-electron chi connectivity index (χ4n) is 1.92. The van der Waals surface area contributed by atoms with Gasteiger partial charge in [0.15, 0.2) is 0 Å². The van der Waals surface area contributed by atoms with E-state index in [-0.39, 0.29) is 19.8 Å². The molecule has 0 aliphatic rings. The van der Waals surface area contributed by atoms with Gasteiger partial charge < -0.3 is 20.6 Å². The summed E-state index contributed by atoms with van der Waals surface area (Å²) < 4.78 is 0. The van der Waals surface area contributed by atoms with Crippen LogP contribution in [0.25, 0.3) is 10.8 Å². The number of nitrogens with one attached hydrogen (secondary N) is 1. The molecular formula is C14H18N2O3. The van der Waals surface area contributed by atoms with Crippen LogP contribution in [0.5, 0.6) is 0 Å². The summed E-state index contributed by atoms with van der Waals surface area (Å²) in [5.41, 5.74) is -0.116. The van der Waals surface area contributed by atoms with Gasteiger partial charge in [-0.2, -0.15) is 0 Å². The minimum Gasteiger partial charge on any atom is -0.394 e. The summed E-state index contributed by atoms with van der Waals surface area (Å²) >= 11 is 0. The topological polar surface area (TPSA) is 85.6 Å². The number of aliphatic hydroxyl groups excluding tert-OH is 3. The van der Waals surface area contributed by atoms with Gasteiger partial charge >= 0.3 is 0 Å². The van der Waals surface area contributed by atoms with Crippen LogP contribution < -0.4 is 5.32 Å². The summed E-state index contributed by atoms with van der Waals surface area (Å²) in [6.45, 7) is -0.593. The van der Waals surface area contributed by atoms with Crippen LogP contribution in [-0.2, 0) is 6.54 Å². The summed E-state index contributed by atoms with van der Waals surface area (Å²) in [6, 6.07) is 7.86. The van der Waals surface area contributed by atoms with Gasteiger partial charge in [-0.25, -0.2) is 0 Å². The number of rotatable bonds is 6. The van der Waals surface area contributed by atoms with Gasteiger partial charge in [-0.1, -0.05) is 24.3 Å². The average Bonchev–Trinajstić information content (AvgIpc) is 2.49. The van der Waals surface area contributed by atoms with E-state index < -0.39 is 5.54 Å². The molecule has 5 heteroatoms. The molecule has 0 amide bonds. The van der Waals surface area contributed by atoms with E-state index in [0.717, 1.165) is 16.3 Å². The average molecular weight is 262 g/mol. The first-order valence-electron chi connectivity index (χ1n) is 6.14. The van der Waals surface area contributed by atoms with Gasteiger partial charge in [-0.3, -0.25) is 4.98 Å². The third-order valence-corrected chi connectivity index (χ3v) is 3.31.